The van der Waals surface area contributed by atoms with Crippen LogP contribution in [0.1, 0.15) is 78.5 Å². The van der Waals surface area contributed by atoms with Crippen LogP contribution in [-0.4, -0.2) is 58.0 Å². The summed E-state index contributed by atoms with van der Waals surface area (Å²) in [6, 6.07) is 6.07. The van der Waals surface area contributed by atoms with Crippen LogP contribution in [0.25, 0.3) is 0 Å². The number of alkyl carbamates (subject to hydrolysis) is 1. The number of ether oxygens (including phenoxy) is 1. The first kappa shape index (κ1) is 29.0. The molecule has 1 fully saturated rings. The van der Waals surface area contributed by atoms with Crippen molar-refractivity contribution >= 4 is 29.7 Å². The lowest BCUT2D eigenvalue weighted by Gasteiger charge is -2.36. The minimum absolute atomic E-state index is 0.0725. The third-order valence-corrected chi connectivity index (χ3v) is 6.34. The molecule has 8 heteroatoms. The molecule has 0 saturated heterocycles. The van der Waals surface area contributed by atoms with Gasteiger partial charge < -0.3 is 20.3 Å². The van der Waals surface area contributed by atoms with Gasteiger partial charge in [-0.1, -0.05) is 36.8 Å². The molecule has 1 aromatic carbocycles. The van der Waals surface area contributed by atoms with Gasteiger partial charge in [0.2, 0.25) is 11.8 Å². The quantitative estimate of drug-likeness (QED) is 0.502. The molecule has 0 aromatic heterocycles. The van der Waals surface area contributed by atoms with Crippen LogP contribution in [0.2, 0.25) is 0 Å². The first-order valence-corrected chi connectivity index (χ1v) is 13.7. The monoisotopic (exact) mass is 505 g/mol. The number of hydrogen-bond acceptors (Lipinski definition) is 5. The lowest BCUT2D eigenvalue weighted by atomic mass is 9.99. The zero-order valence-corrected chi connectivity index (χ0v) is 23.5. The first-order chi connectivity index (χ1) is 16.1. The van der Waals surface area contributed by atoms with Crippen molar-refractivity contribution in [2.24, 2.45) is 5.92 Å². The number of aryl methyl sites for hydroxylation is 1. The molecule has 1 aliphatic carbocycles. The summed E-state index contributed by atoms with van der Waals surface area (Å²) < 4.78 is 5.44. The second-order valence-electron chi connectivity index (χ2n) is 11.6. The lowest BCUT2D eigenvalue weighted by molar-refractivity contribution is -0.144. The second kappa shape index (κ2) is 11.7. The average molecular weight is 506 g/mol. The Morgan fingerprint density at radius 2 is 1.69 bits per heavy atom. The summed E-state index contributed by atoms with van der Waals surface area (Å²) in [4.78, 5) is 42.1. The van der Waals surface area contributed by atoms with Crippen molar-refractivity contribution in [2.75, 3.05) is 12.0 Å². The predicted octanol–water partition coefficient (Wildman–Crippen LogP) is 4.83. The van der Waals surface area contributed by atoms with Crippen LogP contribution in [0, 0.1) is 12.8 Å². The summed E-state index contributed by atoms with van der Waals surface area (Å²) in [5.74, 6) is 0.476. The molecule has 1 saturated carbocycles. The van der Waals surface area contributed by atoms with Gasteiger partial charge in [0.25, 0.3) is 0 Å². The number of nitrogens with zero attached hydrogens (tertiary/aromatic N) is 1. The minimum Gasteiger partial charge on any atom is -0.444 e. The molecule has 0 aliphatic heterocycles. The normalized spacial score (nSPS) is 19.3. The maximum atomic E-state index is 14.1. The Bertz CT molecular complexity index is 889. The molecule has 196 valence electrons. The number of amides is 3. The summed E-state index contributed by atoms with van der Waals surface area (Å²) in [6.07, 6.45) is 2.59. The highest BCUT2D eigenvalue weighted by Crippen LogP contribution is 2.41. The Labute approximate surface area is 215 Å². The Hall–Kier alpha value is -2.22. The molecule has 4 unspecified atom stereocenters. The molecule has 0 bridgehead atoms. The Morgan fingerprint density at radius 3 is 2.14 bits per heavy atom. The summed E-state index contributed by atoms with van der Waals surface area (Å²) >= 11 is 1.60. The summed E-state index contributed by atoms with van der Waals surface area (Å²) in [7, 11) is 0. The van der Waals surface area contributed by atoms with Gasteiger partial charge in [0.05, 0.1) is 0 Å². The number of benzene rings is 1. The van der Waals surface area contributed by atoms with Crippen molar-refractivity contribution in [3.63, 3.8) is 0 Å². The molecule has 1 aliphatic rings. The van der Waals surface area contributed by atoms with E-state index in [1.807, 2.05) is 58.2 Å². The van der Waals surface area contributed by atoms with E-state index in [1.165, 1.54) is 0 Å². The first-order valence-electron chi connectivity index (χ1n) is 12.3. The van der Waals surface area contributed by atoms with Crippen LogP contribution in [0.4, 0.5) is 4.79 Å². The maximum Gasteiger partial charge on any atom is 0.408 e. The fourth-order valence-electron chi connectivity index (χ4n) is 3.92. The zero-order valence-electron chi connectivity index (χ0n) is 22.7. The molecule has 0 spiro atoms. The highest BCUT2D eigenvalue weighted by atomic mass is 32.2. The SMILES string of the molecule is CSCCC(NC(=O)OC(C)(C)C)C(=O)N(C(C(=O)NC(C)(C)C)c1ccc(C)cc1)C1CC1C. The number of nitrogens with one attached hydrogen (secondary N) is 2. The van der Waals surface area contributed by atoms with E-state index in [9.17, 15) is 14.4 Å². The number of thioether (sulfide) groups is 1. The largest absolute Gasteiger partial charge is 0.444 e. The van der Waals surface area contributed by atoms with Crippen molar-refractivity contribution in [2.45, 2.75) is 97.5 Å². The fourth-order valence-corrected chi connectivity index (χ4v) is 4.39. The van der Waals surface area contributed by atoms with E-state index in [1.54, 1.807) is 37.4 Å². The van der Waals surface area contributed by atoms with Crippen LogP contribution >= 0.6 is 11.8 Å². The molecule has 35 heavy (non-hydrogen) atoms. The van der Waals surface area contributed by atoms with Crippen molar-refractivity contribution < 1.29 is 19.1 Å². The van der Waals surface area contributed by atoms with Gasteiger partial charge in [0, 0.05) is 11.6 Å². The van der Waals surface area contributed by atoms with Crippen molar-refractivity contribution in [3.05, 3.63) is 35.4 Å². The topological polar surface area (TPSA) is 87.7 Å². The molecule has 1 aromatic rings. The molecule has 3 amide bonds. The van der Waals surface area contributed by atoms with Crippen LogP contribution in [-0.2, 0) is 14.3 Å². The average Bonchev–Trinajstić information content (AvgIpc) is 3.42. The van der Waals surface area contributed by atoms with Crippen LogP contribution in [0.15, 0.2) is 24.3 Å². The standard InChI is InChI=1S/C27H43N3O4S/c1-17-10-12-19(13-11-17)22(23(31)29-26(3,4)5)30(21-16-18(21)2)24(32)20(14-15-35-9)28-25(33)34-27(6,7)8/h10-13,18,20-22H,14-16H2,1-9H3,(H,28,33)(H,29,31). The van der Waals surface area contributed by atoms with Gasteiger partial charge in [0.1, 0.15) is 17.7 Å². The lowest BCUT2D eigenvalue weighted by Crippen LogP contribution is -2.55. The van der Waals surface area contributed by atoms with Crippen LogP contribution < -0.4 is 10.6 Å². The molecular weight excluding hydrogens is 462 g/mol. The summed E-state index contributed by atoms with van der Waals surface area (Å²) in [6.45, 7) is 15.2. The van der Waals surface area contributed by atoms with Gasteiger partial charge in [-0.25, -0.2) is 4.79 Å². The van der Waals surface area contributed by atoms with Gasteiger partial charge in [-0.3, -0.25) is 9.59 Å². The Balaban J connectivity index is 2.47. The highest BCUT2D eigenvalue weighted by molar-refractivity contribution is 7.98. The van der Waals surface area contributed by atoms with E-state index in [4.69, 9.17) is 4.74 Å². The number of carbonyl (C=O) groups is 3. The summed E-state index contributed by atoms with van der Waals surface area (Å²) in [5, 5.41) is 5.86. The Morgan fingerprint density at radius 1 is 1.11 bits per heavy atom. The van der Waals surface area contributed by atoms with Crippen molar-refractivity contribution in [1.29, 1.82) is 0 Å². The molecule has 0 heterocycles. The van der Waals surface area contributed by atoms with E-state index in [-0.39, 0.29) is 23.8 Å². The maximum absolute atomic E-state index is 14.1. The van der Waals surface area contributed by atoms with E-state index >= 15 is 0 Å². The number of hydrogen-bond donors (Lipinski definition) is 2. The molecule has 2 N–H and O–H groups in total. The third kappa shape index (κ3) is 9.06. The van der Waals surface area contributed by atoms with E-state index in [2.05, 4.69) is 17.6 Å². The van der Waals surface area contributed by atoms with Gasteiger partial charge in [-0.2, -0.15) is 11.8 Å². The van der Waals surface area contributed by atoms with E-state index in [0.717, 1.165) is 17.5 Å². The van der Waals surface area contributed by atoms with Crippen molar-refractivity contribution in [1.82, 2.24) is 15.5 Å². The van der Waals surface area contributed by atoms with Gasteiger partial charge in [0.15, 0.2) is 0 Å². The van der Waals surface area contributed by atoms with Gasteiger partial charge in [-0.15, -0.1) is 0 Å². The van der Waals surface area contributed by atoms with Crippen LogP contribution in [0.5, 0.6) is 0 Å². The molecule has 2 rings (SSSR count). The fraction of sp³-hybridized carbons (Fsp3) is 0.667. The molecule has 4 atom stereocenters. The van der Waals surface area contributed by atoms with Crippen LogP contribution in [0.3, 0.4) is 0 Å². The van der Waals surface area contributed by atoms with E-state index in [0.29, 0.717) is 12.2 Å². The molecule has 0 radical (unpaired) electrons. The Kier molecular flexibility index (Phi) is 9.68. The molecule has 7 nitrogen and oxygen atoms in total. The smallest absolute Gasteiger partial charge is 0.408 e. The predicted molar refractivity (Wildman–Crippen MR) is 142 cm³/mol. The number of rotatable bonds is 9. The summed E-state index contributed by atoms with van der Waals surface area (Å²) in [5.41, 5.74) is 0.687. The second-order valence-corrected chi connectivity index (χ2v) is 12.5. The van der Waals surface area contributed by atoms with E-state index < -0.39 is 29.3 Å². The van der Waals surface area contributed by atoms with Gasteiger partial charge in [-0.05, 0) is 84.8 Å². The highest BCUT2D eigenvalue weighted by Gasteiger charge is 2.48. The van der Waals surface area contributed by atoms with Crippen molar-refractivity contribution in [3.8, 4) is 0 Å². The zero-order chi connectivity index (χ0) is 26.6. The number of carbonyl (C=O) groups excluding carboxylic acids is 3. The molecular formula is C27H43N3O4S. The third-order valence-electron chi connectivity index (χ3n) is 5.70. The van der Waals surface area contributed by atoms with Gasteiger partial charge >= 0.3 is 6.09 Å². The minimum atomic E-state index is -0.797.